The van der Waals surface area contributed by atoms with E-state index in [0.29, 0.717) is 40.8 Å². The van der Waals surface area contributed by atoms with Gasteiger partial charge in [0.1, 0.15) is 11.6 Å². The number of nitrogens with one attached hydrogen (secondary N) is 1. The predicted octanol–water partition coefficient (Wildman–Crippen LogP) is 5.15. The van der Waals surface area contributed by atoms with Gasteiger partial charge in [-0.05, 0) is 72.0 Å². The van der Waals surface area contributed by atoms with Crippen LogP contribution >= 0.6 is 7.60 Å². The van der Waals surface area contributed by atoms with Crippen molar-refractivity contribution >= 4 is 24.6 Å². The number of phenols is 1. The largest absolute Gasteiger partial charge is 0.508 e. The van der Waals surface area contributed by atoms with Gasteiger partial charge in [0.15, 0.2) is 0 Å². The zero-order valence-electron chi connectivity index (χ0n) is 21.3. The molecule has 1 saturated heterocycles. The van der Waals surface area contributed by atoms with Crippen molar-refractivity contribution in [2.45, 2.75) is 31.0 Å². The summed E-state index contributed by atoms with van der Waals surface area (Å²) in [7, 11) is -4.37. The third-order valence-electron chi connectivity index (χ3n) is 7.11. The predicted molar refractivity (Wildman–Crippen MR) is 150 cm³/mol. The number of aromatic hydroxyl groups is 1. The van der Waals surface area contributed by atoms with Crippen molar-refractivity contribution < 1.29 is 33.7 Å². The van der Waals surface area contributed by atoms with Crippen molar-refractivity contribution in [1.29, 1.82) is 0 Å². The number of benzene rings is 4. The molecule has 0 aliphatic carbocycles. The van der Waals surface area contributed by atoms with Crippen LogP contribution in [0.2, 0.25) is 0 Å². The van der Waals surface area contributed by atoms with Crippen LogP contribution in [0, 0.1) is 5.82 Å². The molecule has 1 aliphatic rings. The van der Waals surface area contributed by atoms with E-state index in [-0.39, 0.29) is 17.1 Å². The van der Waals surface area contributed by atoms with Gasteiger partial charge in [-0.3, -0.25) is 9.46 Å². The number of nitrogens with zero attached hydrogens (tertiary/aromatic N) is 1. The molecule has 5 N–H and O–H groups in total. The highest BCUT2D eigenvalue weighted by molar-refractivity contribution is 7.60. The number of hydrogen-bond donors (Lipinski definition) is 5. The van der Waals surface area contributed by atoms with Crippen molar-refractivity contribution in [3.8, 4) is 16.9 Å². The Bertz CT molecular complexity index is 1540. The van der Waals surface area contributed by atoms with E-state index < -0.39 is 31.6 Å². The fourth-order valence-electron chi connectivity index (χ4n) is 5.08. The molecule has 1 aliphatic heterocycles. The van der Waals surface area contributed by atoms with Crippen molar-refractivity contribution in [1.82, 2.24) is 5.32 Å². The van der Waals surface area contributed by atoms with Crippen molar-refractivity contribution in [2.75, 3.05) is 4.90 Å². The number of carbonyl (C=O) groups excluding carboxylic acids is 1. The summed E-state index contributed by atoms with van der Waals surface area (Å²) < 4.78 is 24.8. The first-order chi connectivity index (χ1) is 19.1. The quantitative estimate of drug-likeness (QED) is 0.189. The van der Waals surface area contributed by atoms with Gasteiger partial charge >= 0.3 is 13.6 Å². The average molecular weight is 563 g/mol. The summed E-state index contributed by atoms with van der Waals surface area (Å²) in [5.74, 6) is -0.447. The SMILES string of the molecule is O=C1N[C@@H](CC[C@H](O)c2ccc(F)cc2)[C@@H](c2ccc(-c3ccc(P(=O)(O)O)cc3)cc2O)N1c1ccccc1. The molecule has 0 aromatic heterocycles. The molecule has 2 amide bonds. The van der Waals surface area contributed by atoms with Gasteiger partial charge in [0, 0.05) is 11.3 Å². The standard InChI is InChI=1S/C30H28FN2O6P/c31-22-11-6-20(7-12-22)27(34)17-16-26-29(33(30(36)32-26)23-4-2-1-3-5-23)25-15-10-21(18-28(25)35)19-8-13-24(14-9-19)40(37,38)39/h1-15,18,26-27,29,34-35H,16-17H2,(H,32,36)(H2,37,38,39)/t26-,27-,29+/m0/s1. The zero-order chi connectivity index (χ0) is 28.4. The fourth-order valence-corrected chi connectivity index (χ4v) is 5.61. The van der Waals surface area contributed by atoms with Gasteiger partial charge in [0.05, 0.1) is 23.5 Å². The van der Waals surface area contributed by atoms with E-state index in [4.69, 9.17) is 0 Å². The number of halogens is 1. The molecule has 40 heavy (non-hydrogen) atoms. The van der Waals surface area contributed by atoms with Crippen molar-refractivity contribution in [3.05, 3.63) is 114 Å². The second kappa shape index (κ2) is 11.2. The zero-order valence-corrected chi connectivity index (χ0v) is 22.2. The maximum absolute atomic E-state index is 13.3. The number of carbonyl (C=O) groups is 1. The third kappa shape index (κ3) is 5.78. The second-order valence-corrected chi connectivity index (χ2v) is 11.3. The molecule has 0 bridgehead atoms. The van der Waals surface area contributed by atoms with Gasteiger partial charge < -0.3 is 25.3 Å². The van der Waals surface area contributed by atoms with Crippen LogP contribution < -0.4 is 15.5 Å². The Hall–Kier alpha value is -4.01. The summed E-state index contributed by atoms with van der Waals surface area (Å²) in [6, 6.07) is 24.2. The minimum Gasteiger partial charge on any atom is -0.508 e. The molecule has 3 atom stereocenters. The van der Waals surface area contributed by atoms with Gasteiger partial charge in [0.2, 0.25) is 0 Å². The topological polar surface area (TPSA) is 130 Å². The summed E-state index contributed by atoms with van der Waals surface area (Å²) in [5, 5.41) is 24.8. The summed E-state index contributed by atoms with van der Waals surface area (Å²) in [6.07, 6.45) is -0.194. The Morgan fingerprint density at radius 2 is 1.55 bits per heavy atom. The van der Waals surface area contributed by atoms with Gasteiger partial charge in [-0.1, -0.05) is 54.6 Å². The molecule has 0 saturated carbocycles. The molecular weight excluding hydrogens is 534 g/mol. The van der Waals surface area contributed by atoms with E-state index in [9.17, 15) is 33.7 Å². The minimum absolute atomic E-state index is 0.0527. The van der Waals surface area contributed by atoms with Gasteiger partial charge in [-0.25, -0.2) is 9.18 Å². The lowest BCUT2D eigenvalue weighted by molar-refractivity contribution is 0.159. The van der Waals surface area contributed by atoms with E-state index in [1.165, 1.54) is 36.4 Å². The highest BCUT2D eigenvalue weighted by Crippen LogP contribution is 2.42. The smallest absolute Gasteiger partial charge is 0.356 e. The molecule has 10 heteroatoms. The van der Waals surface area contributed by atoms with Crippen molar-refractivity contribution in [3.63, 3.8) is 0 Å². The molecule has 206 valence electrons. The summed E-state index contributed by atoms with van der Waals surface area (Å²) in [4.78, 5) is 33.5. The van der Waals surface area contributed by atoms with Crippen LogP contribution in [-0.2, 0) is 4.57 Å². The molecule has 0 spiro atoms. The van der Waals surface area contributed by atoms with E-state index in [0.717, 1.165) is 0 Å². The van der Waals surface area contributed by atoms with Crippen LogP contribution in [0.1, 0.15) is 36.1 Å². The van der Waals surface area contributed by atoms with Crippen LogP contribution in [0.15, 0.2) is 97.1 Å². The number of rotatable bonds is 8. The molecule has 8 nitrogen and oxygen atoms in total. The molecule has 0 radical (unpaired) electrons. The van der Waals surface area contributed by atoms with E-state index >= 15 is 0 Å². The fraction of sp³-hybridized carbons (Fsp3) is 0.167. The van der Waals surface area contributed by atoms with E-state index in [1.54, 1.807) is 47.4 Å². The third-order valence-corrected chi connectivity index (χ3v) is 8.08. The number of urea groups is 1. The average Bonchev–Trinajstić information content (AvgIpc) is 3.27. The highest BCUT2D eigenvalue weighted by Gasteiger charge is 2.42. The van der Waals surface area contributed by atoms with Crippen LogP contribution in [0.3, 0.4) is 0 Å². The van der Waals surface area contributed by atoms with Crippen LogP contribution in [0.5, 0.6) is 5.75 Å². The molecule has 4 aromatic carbocycles. The van der Waals surface area contributed by atoms with Crippen LogP contribution in [0.25, 0.3) is 11.1 Å². The lowest BCUT2D eigenvalue weighted by Gasteiger charge is -2.28. The molecule has 1 heterocycles. The van der Waals surface area contributed by atoms with Crippen LogP contribution in [0.4, 0.5) is 14.9 Å². The first-order valence-corrected chi connectivity index (χ1v) is 14.3. The number of aliphatic hydroxyl groups is 1. The van der Waals surface area contributed by atoms with Gasteiger partial charge in [-0.15, -0.1) is 0 Å². The van der Waals surface area contributed by atoms with Crippen LogP contribution in [-0.4, -0.2) is 32.1 Å². The minimum atomic E-state index is -4.37. The number of aliphatic hydroxyl groups excluding tert-OH is 1. The number of phenolic OH excluding ortho intramolecular Hbond substituents is 1. The van der Waals surface area contributed by atoms with Gasteiger partial charge in [-0.2, -0.15) is 0 Å². The maximum atomic E-state index is 13.3. The highest BCUT2D eigenvalue weighted by atomic mass is 31.2. The van der Waals surface area contributed by atoms with E-state index in [2.05, 4.69) is 5.32 Å². The summed E-state index contributed by atoms with van der Waals surface area (Å²) >= 11 is 0. The lowest BCUT2D eigenvalue weighted by atomic mass is 9.91. The number of amides is 2. The second-order valence-electron chi connectivity index (χ2n) is 9.72. The Kier molecular flexibility index (Phi) is 7.74. The molecule has 1 fully saturated rings. The molecular formula is C30H28FN2O6P. The molecule has 0 unspecified atom stereocenters. The Morgan fingerprint density at radius 3 is 2.17 bits per heavy atom. The molecule has 4 aromatic rings. The lowest BCUT2D eigenvalue weighted by Crippen LogP contribution is -2.29. The Labute approximate surface area is 230 Å². The maximum Gasteiger partial charge on any atom is 0.356 e. The Morgan fingerprint density at radius 1 is 0.900 bits per heavy atom. The normalized spacial score (nSPS) is 18.0. The summed E-state index contributed by atoms with van der Waals surface area (Å²) in [6.45, 7) is 0. The van der Waals surface area contributed by atoms with Gasteiger partial charge in [0.25, 0.3) is 0 Å². The monoisotopic (exact) mass is 562 g/mol. The number of hydrogen-bond acceptors (Lipinski definition) is 4. The van der Waals surface area contributed by atoms with Crippen molar-refractivity contribution in [2.24, 2.45) is 0 Å². The first kappa shape index (κ1) is 27.6. The number of para-hydroxylation sites is 1. The Balaban J connectivity index is 1.45. The molecule has 5 rings (SSSR count). The van der Waals surface area contributed by atoms with E-state index in [1.807, 2.05) is 18.2 Å². The number of anilines is 1. The first-order valence-electron chi connectivity index (χ1n) is 12.7. The summed E-state index contributed by atoms with van der Waals surface area (Å²) in [5.41, 5.74) is 2.99.